The molecule has 0 bridgehead atoms. The van der Waals surface area contributed by atoms with E-state index in [4.69, 9.17) is 0 Å². The lowest BCUT2D eigenvalue weighted by molar-refractivity contribution is 0.543. The van der Waals surface area contributed by atoms with Crippen molar-refractivity contribution in [1.82, 2.24) is 14.9 Å². The predicted molar refractivity (Wildman–Crippen MR) is 90.0 cm³/mol. The molecule has 1 N–H and O–H groups in total. The Hall–Kier alpha value is -1.26. The maximum absolute atomic E-state index is 4.38. The minimum absolute atomic E-state index is 0.00967. The summed E-state index contributed by atoms with van der Waals surface area (Å²) >= 11 is 1.51. The highest BCUT2D eigenvalue weighted by atomic mass is 32.1. The van der Waals surface area contributed by atoms with Crippen LogP contribution in [0.2, 0.25) is 0 Å². The molecule has 1 unspecified atom stereocenters. The van der Waals surface area contributed by atoms with Crippen LogP contribution >= 0.6 is 11.5 Å². The maximum Gasteiger partial charge on any atom is 0.0860 e. The van der Waals surface area contributed by atoms with Crippen molar-refractivity contribution in [3.8, 4) is 0 Å². The Morgan fingerprint density at radius 2 is 1.90 bits per heavy atom. The smallest absolute Gasteiger partial charge is 0.0860 e. The molecule has 1 heterocycles. The molecule has 0 saturated carbocycles. The number of aromatic nitrogens is 2. The second-order valence-corrected chi connectivity index (χ2v) is 7.36. The van der Waals surface area contributed by atoms with Crippen LogP contribution < -0.4 is 5.32 Å². The number of aryl methyl sites for hydroxylation is 2. The van der Waals surface area contributed by atoms with Crippen LogP contribution in [0.25, 0.3) is 0 Å². The van der Waals surface area contributed by atoms with E-state index in [1.54, 1.807) is 0 Å². The molecule has 0 aliphatic rings. The quantitative estimate of drug-likeness (QED) is 0.922. The first kappa shape index (κ1) is 16.1. The van der Waals surface area contributed by atoms with Crippen molar-refractivity contribution >= 4 is 11.5 Å². The summed E-state index contributed by atoms with van der Waals surface area (Å²) in [4.78, 5) is 1.23. The van der Waals surface area contributed by atoms with E-state index in [9.17, 15) is 0 Å². The van der Waals surface area contributed by atoms with E-state index >= 15 is 0 Å². The molecule has 2 aromatic rings. The van der Waals surface area contributed by atoms with Gasteiger partial charge in [0.25, 0.3) is 0 Å². The van der Waals surface area contributed by atoms with Gasteiger partial charge in [0.2, 0.25) is 0 Å². The Kier molecular flexibility index (Phi) is 4.79. The lowest BCUT2D eigenvalue weighted by atomic mass is 9.88. The number of hydrogen-bond donors (Lipinski definition) is 1. The van der Waals surface area contributed by atoms with Crippen LogP contribution in [-0.4, -0.2) is 16.1 Å². The van der Waals surface area contributed by atoms with E-state index in [0.29, 0.717) is 0 Å². The predicted octanol–water partition coefficient (Wildman–Crippen LogP) is 4.15. The third-order valence-corrected chi connectivity index (χ3v) is 4.55. The van der Waals surface area contributed by atoms with Crippen molar-refractivity contribution in [2.24, 2.45) is 0 Å². The van der Waals surface area contributed by atoms with Crippen molar-refractivity contribution < 1.29 is 0 Å². The molecule has 4 heteroatoms. The molecule has 0 aliphatic carbocycles. The van der Waals surface area contributed by atoms with Gasteiger partial charge in [0.05, 0.1) is 16.6 Å². The molecule has 0 radical (unpaired) electrons. The first-order valence-electron chi connectivity index (χ1n) is 7.48. The highest BCUT2D eigenvalue weighted by molar-refractivity contribution is 7.05. The van der Waals surface area contributed by atoms with Crippen LogP contribution in [0.5, 0.6) is 0 Å². The summed E-state index contributed by atoms with van der Waals surface area (Å²) in [7, 11) is 0. The summed E-state index contributed by atoms with van der Waals surface area (Å²) in [5, 5.41) is 7.98. The zero-order chi connectivity index (χ0) is 15.6. The van der Waals surface area contributed by atoms with Gasteiger partial charge < -0.3 is 5.32 Å². The second kappa shape index (κ2) is 6.24. The van der Waals surface area contributed by atoms with Gasteiger partial charge in [-0.15, -0.1) is 5.10 Å². The number of hydrogen-bond acceptors (Lipinski definition) is 4. The first-order chi connectivity index (χ1) is 9.84. The fourth-order valence-electron chi connectivity index (χ4n) is 2.42. The van der Waals surface area contributed by atoms with Gasteiger partial charge in [0.1, 0.15) is 0 Å². The average Bonchev–Trinajstić information content (AvgIpc) is 2.88. The SMILES string of the molecule is CCNC(c1ccc(C)c(C)c1)c1snnc1C(C)(C)C. The summed E-state index contributed by atoms with van der Waals surface area (Å²) in [6.45, 7) is 13.9. The van der Waals surface area contributed by atoms with Crippen molar-refractivity contribution in [2.75, 3.05) is 6.54 Å². The molecule has 0 aliphatic heterocycles. The standard InChI is InChI=1S/C17H25N3S/c1-7-18-14(13-9-8-11(2)12(3)10-13)15-16(17(4,5)6)19-20-21-15/h8-10,14,18H,7H2,1-6H3. The third-order valence-electron chi connectivity index (χ3n) is 3.76. The van der Waals surface area contributed by atoms with E-state index in [0.717, 1.165) is 12.2 Å². The van der Waals surface area contributed by atoms with Crippen LogP contribution in [0.3, 0.4) is 0 Å². The largest absolute Gasteiger partial charge is 0.306 e. The van der Waals surface area contributed by atoms with Crippen LogP contribution in [0.15, 0.2) is 18.2 Å². The monoisotopic (exact) mass is 303 g/mol. The fourth-order valence-corrected chi connectivity index (χ4v) is 3.39. The van der Waals surface area contributed by atoms with Crippen LogP contribution in [0, 0.1) is 13.8 Å². The summed E-state index contributed by atoms with van der Waals surface area (Å²) in [5.41, 5.74) is 5.04. The van der Waals surface area contributed by atoms with E-state index in [2.05, 4.69) is 74.6 Å². The van der Waals surface area contributed by atoms with Crippen LogP contribution in [0.4, 0.5) is 0 Å². The topological polar surface area (TPSA) is 37.8 Å². The van der Waals surface area contributed by atoms with E-state index in [1.807, 2.05) is 0 Å². The fraction of sp³-hybridized carbons (Fsp3) is 0.529. The Balaban J connectivity index is 2.49. The molecule has 1 aromatic carbocycles. The minimum atomic E-state index is 0.00967. The maximum atomic E-state index is 4.38. The molecule has 0 saturated heterocycles. The lowest BCUT2D eigenvalue weighted by Crippen LogP contribution is -2.25. The number of rotatable bonds is 4. The van der Waals surface area contributed by atoms with E-state index < -0.39 is 0 Å². The zero-order valence-corrected chi connectivity index (χ0v) is 14.6. The van der Waals surface area contributed by atoms with Crippen LogP contribution in [-0.2, 0) is 5.41 Å². The van der Waals surface area contributed by atoms with Gasteiger partial charge in [-0.25, -0.2) is 0 Å². The third kappa shape index (κ3) is 3.50. The molecule has 114 valence electrons. The van der Waals surface area contributed by atoms with Gasteiger partial charge in [-0.05, 0) is 48.6 Å². The molecule has 1 atom stereocenters. The van der Waals surface area contributed by atoms with Crippen molar-refractivity contribution in [3.05, 3.63) is 45.5 Å². The van der Waals surface area contributed by atoms with Gasteiger partial charge in [0.15, 0.2) is 0 Å². The number of benzene rings is 1. The summed E-state index contributed by atoms with van der Waals surface area (Å²) < 4.78 is 4.21. The minimum Gasteiger partial charge on any atom is -0.306 e. The molecular weight excluding hydrogens is 278 g/mol. The molecule has 0 fully saturated rings. The summed E-state index contributed by atoms with van der Waals surface area (Å²) in [6, 6.07) is 6.85. The van der Waals surface area contributed by atoms with Gasteiger partial charge in [-0.1, -0.05) is 50.4 Å². The number of nitrogens with one attached hydrogen (secondary N) is 1. The van der Waals surface area contributed by atoms with Gasteiger partial charge >= 0.3 is 0 Å². The Bertz CT molecular complexity index is 611. The van der Waals surface area contributed by atoms with E-state index in [1.165, 1.54) is 33.1 Å². The summed E-state index contributed by atoms with van der Waals surface area (Å²) in [5.74, 6) is 0. The molecule has 1 aromatic heterocycles. The Morgan fingerprint density at radius 1 is 1.19 bits per heavy atom. The van der Waals surface area contributed by atoms with E-state index in [-0.39, 0.29) is 11.5 Å². The molecule has 2 rings (SSSR count). The number of nitrogens with zero attached hydrogens (tertiary/aromatic N) is 2. The molecule has 0 amide bonds. The zero-order valence-electron chi connectivity index (χ0n) is 13.8. The highest BCUT2D eigenvalue weighted by Gasteiger charge is 2.27. The average molecular weight is 303 g/mol. The molecular formula is C17H25N3S. The molecule has 3 nitrogen and oxygen atoms in total. The Labute approximate surface area is 132 Å². The van der Waals surface area contributed by atoms with Gasteiger partial charge in [-0.3, -0.25) is 0 Å². The molecule has 0 spiro atoms. The van der Waals surface area contributed by atoms with Crippen LogP contribution in [0.1, 0.15) is 61.0 Å². The highest BCUT2D eigenvalue weighted by Crippen LogP contribution is 2.34. The lowest BCUT2D eigenvalue weighted by Gasteiger charge is -2.23. The summed E-state index contributed by atoms with van der Waals surface area (Å²) in [6.07, 6.45) is 0. The van der Waals surface area contributed by atoms with Crippen molar-refractivity contribution in [1.29, 1.82) is 0 Å². The second-order valence-electron chi connectivity index (χ2n) is 6.57. The van der Waals surface area contributed by atoms with Crippen molar-refractivity contribution in [3.63, 3.8) is 0 Å². The van der Waals surface area contributed by atoms with Gasteiger partial charge in [-0.2, -0.15) is 0 Å². The normalized spacial score (nSPS) is 13.4. The van der Waals surface area contributed by atoms with Crippen molar-refractivity contribution in [2.45, 2.75) is 53.0 Å². The Morgan fingerprint density at radius 3 is 2.48 bits per heavy atom. The first-order valence-corrected chi connectivity index (χ1v) is 8.25. The van der Waals surface area contributed by atoms with Gasteiger partial charge in [0, 0.05) is 5.41 Å². The molecule has 21 heavy (non-hydrogen) atoms.